The molecule has 0 aliphatic carbocycles. The Morgan fingerprint density at radius 3 is 2.70 bits per heavy atom. The van der Waals surface area contributed by atoms with Gasteiger partial charge in [-0.1, -0.05) is 19.1 Å². The number of carbonyl (C=O) groups is 2. The number of aliphatic hydroxyl groups is 1. The van der Waals surface area contributed by atoms with Crippen molar-refractivity contribution < 1.29 is 19.4 Å². The second-order valence-corrected chi connectivity index (χ2v) is 4.62. The van der Waals surface area contributed by atoms with Crippen LogP contribution in [-0.4, -0.2) is 36.7 Å². The van der Waals surface area contributed by atoms with E-state index in [0.29, 0.717) is 6.42 Å². The van der Waals surface area contributed by atoms with Gasteiger partial charge in [0.25, 0.3) is 5.91 Å². The van der Waals surface area contributed by atoms with Crippen LogP contribution in [0.15, 0.2) is 36.0 Å². The van der Waals surface area contributed by atoms with Gasteiger partial charge in [-0.15, -0.1) is 0 Å². The number of amides is 1. The van der Waals surface area contributed by atoms with E-state index < -0.39 is 11.9 Å². The predicted molar refractivity (Wildman–Crippen MR) is 84.4 cm³/mol. The van der Waals surface area contributed by atoms with E-state index in [2.05, 4.69) is 15.4 Å². The van der Waals surface area contributed by atoms with Gasteiger partial charge in [0.1, 0.15) is 11.6 Å². The molecule has 122 valence electrons. The number of hydrogen-bond acceptors (Lipinski definition) is 6. The van der Waals surface area contributed by atoms with Crippen molar-refractivity contribution in [1.29, 1.82) is 5.26 Å². The van der Waals surface area contributed by atoms with Gasteiger partial charge in [0.15, 0.2) is 0 Å². The number of nitriles is 1. The molecule has 0 fully saturated rings. The number of rotatable bonds is 7. The maximum absolute atomic E-state index is 12.1. The number of nitrogens with zero attached hydrogens (tertiary/aromatic N) is 1. The van der Waals surface area contributed by atoms with Gasteiger partial charge in [0.05, 0.1) is 25.0 Å². The SMILES string of the molecule is CCC(CO)N/C=C(/C#N)C(=O)Nc1ccccc1C(=O)OC. The van der Waals surface area contributed by atoms with Gasteiger partial charge in [-0.2, -0.15) is 5.26 Å². The molecule has 0 radical (unpaired) electrons. The minimum Gasteiger partial charge on any atom is -0.465 e. The summed E-state index contributed by atoms with van der Waals surface area (Å²) in [6.45, 7) is 1.75. The van der Waals surface area contributed by atoms with E-state index in [0.717, 1.165) is 0 Å². The number of esters is 1. The van der Waals surface area contributed by atoms with Crippen LogP contribution in [0.2, 0.25) is 0 Å². The van der Waals surface area contributed by atoms with Crippen LogP contribution in [-0.2, 0) is 9.53 Å². The first-order chi connectivity index (χ1) is 11.1. The molecule has 0 aliphatic rings. The van der Waals surface area contributed by atoms with Crippen LogP contribution in [0.3, 0.4) is 0 Å². The molecule has 1 atom stereocenters. The highest BCUT2D eigenvalue weighted by Crippen LogP contribution is 2.16. The number of aliphatic hydroxyl groups excluding tert-OH is 1. The molecule has 0 saturated carbocycles. The average molecular weight is 317 g/mol. The number of methoxy groups -OCH3 is 1. The summed E-state index contributed by atoms with van der Waals surface area (Å²) in [5, 5.41) is 23.5. The van der Waals surface area contributed by atoms with Gasteiger partial charge in [-0.05, 0) is 18.6 Å². The molecule has 23 heavy (non-hydrogen) atoms. The molecular formula is C16H19N3O4. The molecule has 1 unspecified atom stereocenters. The summed E-state index contributed by atoms with van der Waals surface area (Å²) >= 11 is 0. The second-order valence-electron chi connectivity index (χ2n) is 4.62. The highest BCUT2D eigenvalue weighted by molar-refractivity contribution is 6.09. The molecule has 0 aliphatic heterocycles. The average Bonchev–Trinajstić information content (AvgIpc) is 2.58. The van der Waals surface area contributed by atoms with Crippen LogP contribution in [0, 0.1) is 11.3 Å². The maximum atomic E-state index is 12.1. The fourth-order valence-electron chi connectivity index (χ4n) is 1.72. The van der Waals surface area contributed by atoms with Crippen molar-refractivity contribution in [2.75, 3.05) is 19.0 Å². The van der Waals surface area contributed by atoms with Crippen molar-refractivity contribution in [2.45, 2.75) is 19.4 Å². The lowest BCUT2D eigenvalue weighted by atomic mass is 10.1. The van der Waals surface area contributed by atoms with Crippen LogP contribution < -0.4 is 10.6 Å². The smallest absolute Gasteiger partial charge is 0.339 e. The summed E-state index contributed by atoms with van der Waals surface area (Å²) in [5.74, 6) is -1.25. The van der Waals surface area contributed by atoms with Gasteiger partial charge < -0.3 is 20.5 Å². The lowest BCUT2D eigenvalue weighted by Crippen LogP contribution is -2.28. The van der Waals surface area contributed by atoms with Gasteiger partial charge in [-0.25, -0.2) is 4.79 Å². The number of hydrogen-bond donors (Lipinski definition) is 3. The fraction of sp³-hybridized carbons (Fsp3) is 0.312. The van der Waals surface area contributed by atoms with E-state index in [1.165, 1.54) is 25.4 Å². The largest absolute Gasteiger partial charge is 0.465 e. The summed E-state index contributed by atoms with van der Waals surface area (Å²) in [4.78, 5) is 23.8. The van der Waals surface area contributed by atoms with E-state index in [1.54, 1.807) is 18.2 Å². The first-order valence-corrected chi connectivity index (χ1v) is 7.03. The van der Waals surface area contributed by atoms with E-state index in [4.69, 9.17) is 10.4 Å². The third kappa shape index (κ3) is 5.13. The molecule has 7 nitrogen and oxygen atoms in total. The van der Waals surface area contributed by atoms with Crippen molar-refractivity contribution in [1.82, 2.24) is 5.32 Å². The lowest BCUT2D eigenvalue weighted by Gasteiger charge is -2.12. The van der Waals surface area contributed by atoms with Crippen molar-refractivity contribution in [3.05, 3.63) is 41.6 Å². The lowest BCUT2D eigenvalue weighted by molar-refractivity contribution is -0.112. The number of para-hydroxylation sites is 1. The Morgan fingerprint density at radius 1 is 1.43 bits per heavy atom. The minimum atomic E-state index is -0.663. The maximum Gasteiger partial charge on any atom is 0.339 e. The number of benzene rings is 1. The van der Waals surface area contributed by atoms with Crippen LogP contribution in [0.1, 0.15) is 23.7 Å². The number of nitrogens with one attached hydrogen (secondary N) is 2. The minimum absolute atomic E-state index is 0.113. The fourth-order valence-corrected chi connectivity index (χ4v) is 1.72. The predicted octanol–water partition coefficient (Wildman–Crippen LogP) is 1.18. The van der Waals surface area contributed by atoms with E-state index in [1.807, 2.05) is 6.92 Å². The zero-order chi connectivity index (χ0) is 17.2. The van der Waals surface area contributed by atoms with Crippen molar-refractivity contribution in [3.8, 4) is 6.07 Å². The zero-order valence-corrected chi connectivity index (χ0v) is 13.0. The highest BCUT2D eigenvalue weighted by atomic mass is 16.5. The Bertz CT molecular complexity index is 630. The van der Waals surface area contributed by atoms with Crippen LogP contribution in [0.4, 0.5) is 5.69 Å². The third-order valence-electron chi connectivity index (χ3n) is 3.12. The summed E-state index contributed by atoms with van der Waals surface area (Å²) in [5.41, 5.74) is 0.270. The van der Waals surface area contributed by atoms with Gasteiger partial charge in [0, 0.05) is 12.2 Å². The Labute approximate surface area is 134 Å². The first kappa shape index (κ1) is 18.2. The summed E-state index contributed by atoms with van der Waals surface area (Å²) < 4.78 is 4.64. The Morgan fingerprint density at radius 2 is 2.13 bits per heavy atom. The molecule has 0 aromatic heterocycles. The molecule has 1 rings (SSSR count). The quantitative estimate of drug-likeness (QED) is 0.395. The Balaban J connectivity index is 2.92. The summed E-state index contributed by atoms with van der Waals surface area (Å²) in [6.07, 6.45) is 1.89. The van der Waals surface area contributed by atoms with Gasteiger partial charge in [-0.3, -0.25) is 4.79 Å². The normalized spacial score (nSPS) is 12.0. The van der Waals surface area contributed by atoms with Gasteiger partial charge in [0.2, 0.25) is 0 Å². The molecule has 0 spiro atoms. The molecule has 0 saturated heterocycles. The van der Waals surface area contributed by atoms with E-state index in [-0.39, 0.29) is 29.5 Å². The standard InChI is InChI=1S/C16H19N3O4/c1-3-12(10-20)18-9-11(8-17)15(21)19-14-7-5-4-6-13(14)16(22)23-2/h4-7,9,12,18,20H,3,10H2,1-2H3,(H,19,21)/b11-9-. The number of anilines is 1. The summed E-state index contributed by atoms with van der Waals surface area (Å²) in [6, 6.07) is 7.86. The van der Waals surface area contributed by atoms with Crippen molar-refractivity contribution in [3.63, 3.8) is 0 Å². The number of carbonyl (C=O) groups excluding carboxylic acids is 2. The van der Waals surface area contributed by atoms with E-state index in [9.17, 15) is 9.59 Å². The Kier molecular flexibility index (Phi) is 7.30. The molecule has 0 bridgehead atoms. The topological polar surface area (TPSA) is 111 Å². The van der Waals surface area contributed by atoms with Crippen molar-refractivity contribution >= 4 is 17.6 Å². The van der Waals surface area contributed by atoms with E-state index >= 15 is 0 Å². The monoisotopic (exact) mass is 317 g/mol. The van der Waals surface area contributed by atoms with Crippen LogP contribution >= 0.6 is 0 Å². The zero-order valence-electron chi connectivity index (χ0n) is 13.0. The van der Waals surface area contributed by atoms with Crippen LogP contribution in [0.5, 0.6) is 0 Å². The number of ether oxygens (including phenoxy) is 1. The molecule has 3 N–H and O–H groups in total. The highest BCUT2D eigenvalue weighted by Gasteiger charge is 2.16. The molecular weight excluding hydrogens is 298 g/mol. The molecule has 1 amide bonds. The first-order valence-electron chi connectivity index (χ1n) is 7.03. The molecule has 1 aromatic carbocycles. The molecule has 0 heterocycles. The summed E-state index contributed by atoms with van der Waals surface area (Å²) in [7, 11) is 1.24. The third-order valence-corrected chi connectivity index (χ3v) is 3.12. The van der Waals surface area contributed by atoms with Gasteiger partial charge >= 0.3 is 5.97 Å². The van der Waals surface area contributed by atoms with Crippen LogP contribution in [0.25, 0.3) is 0 Å². The Hall–Kier alpha value is -2.85. The molecule has 7 heteroatoms. The molecule has 1 aromatic rings. The van der Waals surface area contributed by atoms with Crippen molar-refractivity contribution in [2.24, 2.45) is 0 Å². The second kappa shape index (κ2) is 9.23.